The number of thioether (sulfide) groups is 1. The van der Waals surface area contributed by atoms with E-state index in [0.717, 1.165) is 17.7 Å². The number of hydrogen-bond acceptors (Lipinski definition) is 2. The second-order valence-electron chi connectivity index (χ2n) is 4.03. The zero-order valence-electron chi connectivity index (χ0n) is 9.89. The molecule has 0 bridgehead atoms. The van der Waals surface area contributed by atoms with E-state index < -0.39 is 0 Å². The summed E-state index contributed by atoms with van der Waals surface area (Å²) in [6.07, 6.45) is 1.08. The van der Waals surface area contributed by atoms with E-state index in [2.05, 4.69) is 24.3 Å². The average molecular weight is 244 g/mol. The van der Waals surface area contributed by atoms with Gasteiger partial charge in [0.1, 0.15) is 5.75 Å². The van der Waals surface area contributed by atoms with Crippen LogP contribution in [0.4, 0.5) is 0 Å². The van der Waals surface area contributed by atoms with Crippen LogP contribution in [0.3, 0.4) is 0 Å². The lowest BCUT2D eigenvalue weighted by atomic mass is 10.2. The molecule has 2 rings (SSSR count). The molecule has 0 aliphatic carbocycles. The fourth-order valence-corrected chi connectivity index (χ4v) is 2.73. The third kappa shape index (κ3) is 3.53. The van der Waals surface area contributed by atoms with Gasteiger partial charge in [0, 0.05) is 10.6 Å². The second kappa shape index (κ2) is 5.78. The lowest BCUT2D eigenvalue weighted by molar-refractivity contribution is 0.474. The van der Waals surface area contributed by atoms with Crippen LogP contribution in [0.25, 0.3) is 0 Å². The van der Waals surface area contributed by atoms with Gasteiger partial charge < -0.3 is 5.11 Å². The van der Waals surface area contributed by atoms with Crippen molar-refractivity contribution >= 4 is 11.8 Å². The normalized spacial score (nSPS) is 10.4. The Balaban J connectivity index is 1.90. The van der Waals surface area contributed by atoms with Gasteiger partial charge in [0.2, 0.25) is 0 Å². The molecule has 17 heavy (non-hydrogen) atoms. The Hall–Kier alpha value is -1.41. The minimum Gasteiger partial charge on any atom is -0.508 e. The number of aromatic hydroxyl groups is 1. The van der Waals surface area contributed by atoms with Gasteiger partial charge in [-0.2, -0.15) is 0 Å². The van der Waals surface area contributed by atoms with Crippen molar-refractivity contribution in [2.75, 3.05) is 5.75 Å². The van der Waals surface area contributed by atoms with Gasteiger partial charge >= 0.3 is 0 Å². The van der Waals surface area contributed by atoms with Crippen LogP contribution in [0.5, 0.6) is 5.75 Å². The Morgan fingerprint density at radius 3 is 2.53 bits per heavy atom. The van der Waals surface area contributed by atoms with Gasteiger partial charge in [-0.25, -0.2) is 0 Å². The van der Waals surface area contributed by atoms with Crippen LogP contribution in [0.15, 0.2) is 53.4 Å². The van der Waals surface area contributed by atoms with E-state index in [0.29, 0.717) is 5.75 Å². The predicted octanol–water partition coefficient (Wildman–Crippen LogP) is 4.04. The molecule has 0 aromatic heterocycles. The highest BCUT2D eigenvalue weighted by Crippen LogP contribution is 2.26. The molecule has 0 saturated heterocycles. The van der Waals surface area contributed by atoms with E-state index in [-0.39, 0.29) is 0 Å². The molecular formula is C15H16OS. The first-order valence-electron chi connectivity index (χ1n) is 5.72. The van der Waals surface area contributed by atoms with Gasteiger partial charge in [0.25, 0.3) is 0 Å². The van der Waals surface area contributed by atoms with Crippen molar-refractivity contribution in [1.29, 1.82) is 0 Å². The van der Waals surface area contributed by atoms with E-state index >= 15 is 0 Å². The van der Waals surface area contributed by atoms with Crippen LogP contribution in [0.2, 0.25) is 0 Å². The van der Waals surface area contributed by atoms with Crippen molar-refractivity contribution in [1.82, 2.24) is 0 Å². The molecule has 0 saturated carbocycles. The molecule has 1 N–H and O–H groups in total. The summed E-state index contributed by atoms with van der Waals surface area (Å²) < 4.78 is 0. The molecule has 0 amide bonds. The number of hydrogen-bond donors (Lipinski definition) is 1. The molecule has 0 spiro atoms. The average Bonchev–Trinajstić information content (AvgIpc) is 2.33. The Kier molecular flexibility index (Phi) is 4.10. The number of benzene rings is 2. The molecule has 0 atom stereocenters. The van der Waals surface area contributed by atoms with Crippen molar-refractivity contribution in [3.63, 3.8) is 0 Å². The quantitative estimate of drug-likeness (QED) is 0.819. The summed E-state index contributed by atoms with van der Waals surface area (Å²) in [5.41, 5.74) is 2.51. The van der Waals surface area contributed by atoms with Crippen molar-refractivity contribution in [3.05, 3.63) is 59.7 Å². The smallest absolute Gasteiger partial charge is 0.115 e. The maximum Gasteiger partial charge on any atom is 0.115 e. The summed E-state index contributed by atoms with van der Waals surface area (Å²) in [5.74, 6) is 1.41. The standard InChI is InChI=1S/C15H16OS/c1-12-11-14(16)7-8-15(12)17-10-9-13-5-3-2-4-6-13/h2-8,11,16H,9-10H2,1H3. The van der Waals surface area contributed by atoms with Crippen LogP contribution in [-0.4, -0.2) is 10.9 Å². The molecule has 0 radical (unpaired) electrons. The highest BCUT2D eigenvalue weighted by molar-refractivity contribution is 7.99. The Morgan fingerprint density at radius 2 is 1.82 bits per heavy atom. The lowest BCUT2D eigenvalue weighted by Crippen LogP contribution is -1.88. The zero-order valence-corrected chi connectivity index (χ0v) is 10.7. The molecular weight excluding hydrogens is 228 g/mol. The SMILES string of the molecule is Cc1cc(O)ccc1SCCc1ccccc1. The third-order valence-electron chi connectivity index (χ3n) is 2.65. The molecule has 0 fully saturated rings. The fourth-order valence-electron chi connectivity index (χ4n) is 1.72. The topological polar surface area (TPSA) is 20.2 Å². The summed E-state index contributed by atoms with van der Waals surface area (Å²) in [5, 5.41) is 9.33. The van der Waals surface area contributed by atoms with Crippen LogP contribution >= 0.6 is 11.8 Å². The van der Waals surface area contributed by atoms with E-state index in [4.69, 9.17) is 0 Å². The summed E-state index contributed by atoms with van der Waals surface area (Å²) >= 11 is 1.84. The number of aryl methyl sites for hydroxylation is 2. The molecule has 2 heteroatoms. The first-order valence-corrected chi connectivity index (χ1v) is 6.70. The van der Waals surface area contributed by atoms with E-state index in [1.165, 1.54) is 10.5 Å². The van der Waals surface area contributed by atoms with Crippen molar-refractivity contribution in [2.45, 2.75) is 18.2 Å². The molecule has 0 aliphatic heterocycles. The van der Waals surface area contributed by atoms with Gasteiger partial charge in [-0.05, 0) is 42.7 Å². The largest absolute Gasteiger partial charge is 0.508 e. The number of phenols is 1. The first kappa shape index (κ1) is 12.1. The maximum atomic E-state index is 9.33. The molecule has 2 aromatic rings. The minimum atomic E-state index is 0.343. The summed E-state index contributed by atoms with van der Waals surface area (Å²) in [6.45, 7) is 2.03. The van der Waals surface area contributed by atoms with Crippen LogP contribution in [0.1, 0.15) is 11.1 Å². The Morgan fingerprint density at radius 1 is 1.06 bits per heavy atom. The van der Waals surface area contributed by atoms with Crippen LogP contribution in [0, 0.1) is 6.92 Å². The van der Waals surface area contributed by atoms with Crippen LogP contribution in [-0.2, 0) is 6.42 Å². The van der Waals surface area contributed by atoms with E-state index in [1.54, 1.807) is 6.07 Å². The Bertz CT molecular complexity index is 480. The van der Waals surface area contributed by atoms with Gasteiger partial charge in [-0.15, -0.1) is 11.8 Å². The summed E-state index contributed by atoms with van der Waals surface area (Å²) in [7, 11) is 0. The van der Waals surface area contributed by atoms with Gasteiger partial charge in [0.15, 0.2) is 0 Å². The molecule has 88 valence electrons. The molecule has 0 unspecified atom stereocenters. The summed E-state index contributed by atoms with van der Waals surface area (Å²) in [4.78, 5) is 1.25. The molecule has 2 aromatic carbocycles. The zero-order chi connectivity index (χ0) is 12.1. The lowest BCUT2D eigenvalue weighted by Gasteiger charge is -2.06. The molecule has 1 nitrogen and oxygen atoms in total. The minimum absolute atomic E-state index is 0.343. The van der Waals surface area contributed by atoms with E-state index in [1.807, 2.05) is 36.9 Å². The Labute approximate surface area is 107 Å². The van der Waals surface area contributed by atoms with Crippen LogP contribution < -0.4 is 0 Å². The monoisotopic (exact) mass is 244 g/mol. The predicted molar refractivity (Wildman–Crippen MR) is 73.7 cm³/mol. The molecule has 0 heterocycles. The van der Waals surface area contributed by atoms with Crippen molar-refractivity contribution in [2.24, 2.45) is 0 Å². The molecule has 0 aliphatic rings. The van der Waals surface area contributed by atoms with Gasteiger partial charge in [0.05, 0.1) is 0 Å². The second-order valence-corrected chi connectivity index (χ2v) is 5.17. The highest BCUT2D eigenvalue weighted by atomic mass is 32.2. The van der Waals surface area contributed by atoms with Crippen molar-refractivity contribution < 1.29 is 5.11 Å². The number of rotatable bonds is 4. The third-order valence-corrected chi connectivity index (χ3v) is 3.83. The first-order chi connectivity index (χ1) is 8.25. The fraction of sp³-hybridized carbons (Fsp3) is 0.200. The van der Waals surface area contributed by atoms with E-state index in [9.17, 15) is 5.11 Å². The van der Waals surface area contributed by atoms with Crippen molar-refractivity contribution in [3.8, 4) is 5.75 Å². The number of phenolic OH excluding ortho intramolecular Hbond substituents is 1. The highest BCUT2D eigenvalue weighted by Gasteiger charge is 2.00. The summed E-state index contributed by atoms with van der Waals surface area (Å²) in [6, 6.07) is 16.1. The maximum absolute atomic E-state index is 9.33. The van der Waals surface area contributed by atoms with Gasteiger partial charge in [-0.3, -0.25) is 0 Å². The van der Waals surface area contributed by atoms with Gasteiger partial charge in [-0.1, -0.05) is 30.3 Å².